The van der Waals surface area contributed by atoms with E-state index in [1.165, 1.54) is 0 Å². The van der Waals surface area contributed by atoms with Crippen LogP contribution in [-0.2, 0) is 9.53 Å². The van der Waals surface area contributed by atoms with Gasteiger partial charge in [0.1, 0.15) is 6.61 Å². The maximum atomic E-state index is 11.1. The van der Waals surface area contributed by atoms with Gasteiger partial charge in [-0.05, 0) is 5.56 Å². The van der Waals surface area contributed by atoms with Crippen LogP contribution in [0.25, 0.3) is 0 Å². The molecule has 0 aromatic heterocycles. The lowest BCUT2D eigenvalue weighted by Gasteiger charge is -2.06. The molecule has 1 atom stereocenters. The number of benzene rings is 1. The van der Waals surface area contributed by atoms with Crippen molar-refractivity contribution >= 4 is 5.97 Å². The number of ether oxygens (including phenoxy) is 1. The fourth-order valence-electron chi connectivity index (χ4n) is 1.58. The number of hydrogen-bond acceptors (Lipinski definition) is 3. The third kappa shape index (κ3) is 1.37. The molecule has 0 saturated carbocycles. The highest BCUT2D eigenvalue weighted by molar-refractivity contribution is 5.92. The number of carbonyl (C=O) groups is 1. The number of carbonyl (C=O) groups excluding carboxylic acids is 1. The summed E-state index contributed by atoms with van der Waals surface area (Å²) in [4.78, 5) is 11.1. The van der Waals surface area contributed by atoms with E-state index >= 15 is 0 Å². The smallest absolute Gasteiger partial charge is 0.337 e. The predicted octanol–water partition coefficient (Wildman–Crippen LogP) is 1.77. The highest BCUT2D eigenvalue weighted by Gasteiger charge is 2.31. The Bertz CT molecular complexity index is 367. The Morgan fingerprint density at radius 1 is 1.36 bits per heavy atom. The van der Waals surface area contributed by atoms with Crippen LogP contribution in [0.1, 0.15) is 11.5 Å². The van der Waals surface area contributed by atoms with Crippen LogP contribution >= 0.6 is 0 Å². The maximum absolute atomic E-state index is 11.1. The molecule has 2 rings (SSSR count). The van der Waals surface area contributed by atoms with E-state index in [9.17, 15) is 4.79 Å². The molecule has 1 aliphatic heterocycles. The molecule has 1 saturated heterocycles. The number of cyclic esters (lactones) is 1. The lowest BCUT2D eigenvalue weighted by atomic mass is 9.95. The fourth-order valence-corrected chi connectivity index (χ4v) is 1.58. The highest BCUT2D eigenvalue weighted by atomic mass is 16.5. The summed E-state index contributed by atoms with van der Waals surface area (Å²) in [5, 5.41) is 8.91. The zero-order chi connectivity index (χ0) is 9.97. The summed E-state index contributed by atoms with van der Waals surface area (Å²) in [6, 6.07) is 9.52. The Morgan fingerprint density at radius 2 is 2.07 bits per heavy atom. The first kappa shape index (κ1) is 8.81. The van der Waals surface area contributed by atoms with E-state index in [0.29, 0.717) is 12.2 Å². The van der Waals surface area contributed by atoms with Gasteiger partial charge in [0.05, 0.1) is 17.8 Å². The lowest BCUT2D eigenvalue weighted by molar-refractivity contribution is -0.135. The Labute approximate surface area is 81.6 Å². The van der Waals surface area contributed by atoms with Gasteiger partial charge in [-0.15, -0.1) is 0 Å². The molecule has 14 heavy (non-hydrogen) atoms. The van der Waals surface area contributed by atoms with Crippen LogP contribution < -0.4 is 0 Å². The van der Waals surface area contributed by atoms with E-state index in [-0.39, 0.29) is 5.92 Å². The first-order valence-electron chi connectivity index (χ1n) is 4.39. The molecule has 0 spiro atoms. The van der Waals surface area contributed by atoms with E-state index in [1.54, 1.807) is 0 Å². The highest BCUT2D eigenvalue weighted by Crippen LogP contribution is 2.30. The molecule has 0 amide bonds. The molecule has 1 aromatic carbocycles. The standard InChI is InChI=1S/C11H10O3/c12-6-9-10(7-14-11(9)13)8-4-2-1-3-5-8/h1-6,10,12H,7H2/b9-6-/t10-/m1/s1. The minimum atomic E-state index is -0.429. The quantitative estimate of drug-likeness (QED) is 0.417. The molecule has 1 aromatic rings. The molecule has 0 unspecified atom stereocenters. The van der Waals surface area contributed by atoms with Gasteiger partial charge in [-0.3, -0.25) is 0 Å². The first-order chi connectivity index (χ1) is 6.83. The van der Waals surface area contributed by atoms with Gasteiger partial charge >= 0.3 is 5.97 Å². The van der Waals surface area contributed by atoms with Crippen molar-refractivity contribution in [1.29, 1.82) is 0 Å². The Balaban J connectivity index is 2.33. The number of rotatable bonds is 1. The van der Waals surface area contributed by atoms with Gasteiger partial charge in [-0.2, -0.15) is 0 Å². The summed E-state index contributed by atoms with van der Waals surface area (Å²) < 4.78 is 4.86. The summed E-state index contributed by atoms with van der Waals surface area (Å²) in [5.74, 6) is -0.560. The lowest BCUT2D eigenvalue weighted by Crippen LogP contribution is -2.01. The molecule has 0 aliphatic carbocycles. The van der Waals surface area contributed by atoms with Gasteiger partial charge < -0.3 is 9.84 Å². The molecule has 0 bridgehead atoms. The normalized spacial score (nSPS) is 23.9. The number of hydrogen-bond donors (Lipinski definition) is 1. The predicted molar refractivity (Wildman–Crippen MR) is 50.9 cm³/mol. The summed E-state index contributed by atoms with van der Waals surface area (Å²) in [7, 11) is 0. The molecule has 1 N–H and O–H groups in total. The van der Waals surface area contributed by atoms with Gasteiger partial charge in [0.2, 0.25) is 0 Å². The monoisotopic (exact) mass is 190 g/mol. The average molecular weight is 190 g/mol. The summed E-state index contributed by atoms with van der Waals surface area (Å²) >= 11 is 0. The molecule has 72 valence electrons. The number of aliphatic hydroxyl groups is 1. The zero-order valence-electron chi connectivity index (χ0n) is 7.51. The SMILES string of the molecule is O=C1OC[C@H](c2ccccc2)/C1=C/O. The second-order valence-corrected chi connectivity index (χ2v) is 3.15. The molecule has 1 fully saturated rings. The van der Waals surface area contributed by atoms with Gasteiger partial charge in [0.15, 0.2) is 0 Å². The zero-order valence-corrected chi connectivity index (χ0v) is 7.51. The second-order valence-electron chi connectivity index (χ2n) is 3.15. The molecular formula is C11H10O3. The van der Waals surface area contributed by atoms with Crippen molar-refractivity contribution in [2.45, 2.75) is 5.92 Å². The van der Waals surface area contributed by atoms with Crippen molar-refractivity contribution in [2.75, 3.05) is 6.61 Å². The minimum Gasteiger partial charge on any atom is -0.515 e. The minimum absolute atomic E-state index is 0.131. The van der Waals surface area contributed by atoms with Gasteiger partial charge in [0, 0.05) is 0 Å². The van der Waals surface area contributed by atoms with E-state index in [1.807, 2.05) is 30.3 Å². The van der Waals surface area contributed by atoms with Crippen molar-refractivity contribution in [3.8, 4) is 0 Å². The Morgan fingerprint density at radius 3 is 2.71 bits per heavy atom. The van der Waals surface area contributed by atoms with Crippen LogP contribution in [0.5, 0.6) is 0 Å². The number of esters is 1. The summed E-state index contributed by atoms with van der Waals surface area (Å²) in [5.41, 5.74) is 1.31. The van der Waals surface area contributed by atoms with Gasteiger partial charge in [-0.25, -0.2) is 4.79 Å². The van der Waals surface area contributed by atoms with Crippen LogP contribution in [0.2, 0.25) is 0 Å². The molecule has 3 nitrogen and oxygen atoms in total. The van der Waals surface area contributed by atoms with Crippen molar-refractivity contribution in [3.63, 3.8) is 0 Å². The van der Waals surface area contributed by atoms with E-state index in [2.05, 4.69) is 0 Å². The third-order valence-corrected chi connectivity index (χ3v) is 2.33. The van der Waals surface area contributed by atoms with Crippen LogP contribution in [0.4, 0.5) is 0 Å². The van der Waals surface area contributed by atoms with E-state index in [4.69, 9.17) is 9.84 Å². The summed E-state index contributed by atoms with van der Waals surface area (Å²) in [6.07, 6.45) is 0.840. The van der Waals surface area contributed by atoms with Crippen LogP contribution in [0, 0.1) is 0 Å². The van der Waals surface area contributed by atoms with Crippen molar-refractivity contribution in [1.82, 2.24) is 0 Å². The maximum Gasteiger partial charge on any atom is 0.337 e. The van der Waals surface area contributed by atoms with E-state index < -0.39 is 5.97 Å². The van der Waals surface area contributed by atoms with Crippen LogP contribution in [-0.4, -0.2) is 17.7 Å². The average Bonchev–Trinajstić information content (AvgIpc) is 2.61. The van der Waals surface area contributed by atoms with Gasteiger partial charge in [-0.1, -0.05) is 30.3 Å². The Kier molecular flexibility index (Phi) is 2.23. The largest absolute Gasteiger partial charge is 0.515 e. The van der Waals surface area contributed by atoms with Crippen molar-refractivity contribution in [2.24, 2.45) is 0 Å². The van der Waals surface area contributed by atoms with Crippen molar-refractivity contribution < 1.29 is 14.6 Å². The molecule has 1 heterocycles. The van der Waals surface area contributed by atoms with Gasteiger partial charge in [0.25, 0.3) is 0 Å². The van der Waals surface area contributed by atoms with Crippen LogP contribution in [0.3, 0.4) is 0 Å². The van der Waals surface area contributed by atoms with E-state index in [0.717, 1.165) is 11.8 Å². The second kappa shape index (κ2) is 3.54. The molecule has 1 aliphatic rings. The Hall–Kier alpha value is -1.77. The van der Waals surface area contributed by atoms with Crippen LogP contribution in [0.15, 0.2) is 42.2 Å². The molecular weight excluding hydrogens is 180 g/mol. The molecule has 0 radical (unpaired) electrons. The third-order valence-electron chi connectivity index (χ3n) is 2.33. The topological polar surface area (TPSA) is 46.5 Å². The fraction of sp³-hybridized carbons (Fsp3) is 0.182. The first-order valence-corrected chi connectivity index (χ1v) is 4.39. The molecule has 3 heteroatoms. The van der Waals surface area contributed by atoms with Crippen molar-refractivity contribution in [3.05, 3.63) is 47.7 Å². The summed E-state index contributed by atoms with van der Waals surface area (Å²) in [6.45, 7) is 0.315. The number of aliphatic hydroxyl groups excluding tert-OH is 1.